The highest BCUT2D eigenvalue weighted by Crippen LogP contribution is 2.31. The van der Waals surface area contributed by atoms with Crippen LogP contribution in [0.25, 0.3) is 0 Å². The fraction of sp³-hybridized carbons (Fsp3) is 0.846. The molecule has 17 heavy (non-hydrogen) atoms. The molecule has 4 heteroatoms. The maximum absolute atomic E-state index is 12.4. The van der Waals surface area contributed by atoms with Crippen LogP contribution in [0.15, 0.2) is 0 Å². The van der Waals surface area contributed by atoms with Crippen LogP contribution >= 0.6 is 0 Å². The summed E-state index contributed by atoms with van der Waals surface area (Å²) in [4.78, 5) is 14.1. The second-order valence-corrected chi connectivity index (χ2v) is 5.64. The number of amides is 1. The van der Waals surface area contributed by atoms with E-state index in [2.05, 4.69) is 25.2 Å². The lowest BCUT2D eigenvalue weighted by Gasteiger charge is -2.41. The topological polar surface area (TPSA) is 56.1 Å². The summed E-state index contributed by atoms with van der Waals surface area (Å²) in [5, 5.41) is 12.0. The molecule has 0 aliphatic carbocycles. The van der Waals surface area contributed by atoms with Crippen LogP contribution in [0.1, 0.15) is 40.0 Å². The van der Waals surface area contributed by atoms with Crippen molar-refractivity contribution in [3.63, 3.8) is 0 Å². The molecule has 2 unspecified atom stereocenters. The summed E-state index contributed by atoms with van der Waals surface area (Å²) in [5.74, 6) is 0.109. The molecule has 96 valence electrons. The summed E-state index contributed by atoms with van der Waals surface area (Å²) in [5.41, 5.74) is -0.00401. The van der Waals surface area contributed by atoms with Gasteiger partial charge in [0, 0.05) is 13.1 Å². The minimum absolute atomic E-state index is 0.00401. The molecular weight excluding hydrogens is 214 g/mol. The lowest BCUT2D eigenvalue weighted by atomic mass is 9.77. The SMILES string of the molecule is CC(CC#N)N(C)C(=O)C1NCCCC1(C)C. The Morgan fingerprint density at radius 3 is 2.82 bits per heavy atom. The normalized spacial score (nSPS) is 24.8. The van der Waals surface area contributed by atoms with Crippen LogP contribution in [0.2, 0.25) is 0 Å². The third-order valence-electron chi connectivity index (χ3n) is 3.77. The highest BCUT2D eigenvalue weighted by atomic mass is 16.2. The highest BCUT2D eigenvalue weighted by Gasteiger charge is 2.39. The van der Waals surface area contributed by atoms with E-state index in [1.54, 1.807) is 11.9 Å². The number of likely N-dealkylation sites (N-methyl/N-ethyl adjacent to an activating group) is 1. The number of hydrogen-bond acceptors (Lipinski definition) is 3. The summed E-state index contributed by atoms with van der Waals surface area (Å²) >= 11 is 0. The average Bonchev–Trinajstić information content (AvgIpc) is 2.27. The van der Waals surface area contributed by atoms with Gasteiger partial charge in [-0.15, -0.1) is 0 Å². The number of carbonyl (C=O) groups excluding carboxylic acids is 1. The first kappa shape index (κ1) is 14.0. The van der Waals surface area contributed by atoms with Gasteiger partial charge in [-0.3, -0.25) is 4.79 Å². The molecule has 4 nitrogen and oxygen atoms in total. The zero-order valence-electron chi connectivity index (χ0n) is 11.3. The van der Waals surface area contributed by atoms with Gasteiger partial charge in [-0.2, -0.15) is 5.26 Å². The van der Waals surface area contributed by atoms with Crippen molar-refractivity contribution < 1.29 is 4.79 Å². The average molecular weight is 237 g/mol. The quantitative estimate of drug-likeness (QED) is 0.809. The molecule has 1 aliphatic rings. The minimum atomic E-state index is -0.123. The largest absolute Gasteiger partial charge is 0.341 e. The smallest absolute Gasteiger partial charge is 0.240 e. The third-order valence-corrected chi connectivity index (χ3v) is 3.77. The molecule has 0 aromatic rings. The fourth-order valence-electron chi connectivity index (χ4n) is 2.32. The van der Waals surface area contributed by atoms with Crippen molar-refractivity contribution in [2.24, 2.45) is 5.41 Å². The van der Waals surface area contributed by atoms with Gasteiger partial charge in [0.1, 0.15) is 0 Å². The summed E-state index contributed by atoms with van der Waals surface area (Å²) in [6.07, 6.45) is 2.57. The Balaban J connectivity index is 2.71. The molecular formula is C13H23N3O. The molecule has 0 radical (unpaired) electrons. The Morgan fingerprint density at radius 2 is 2.29 bits per heavy atom. The van der Waals surface area contributed by atoms with Gasteiger partial charge in [0.25, 0.3) is 0 Å². The van der Waals surface area contributed by atoms with E-state index in [0.29, 0.717) is 6.42 Å². The van der Waals surface area contributed by atoms with Crippen LogP contribution in [0.4, 0.5) is 0 Å². The number of nitrogens with one attached hydrogen (secondary N) is 1. The van der Waals surface area contributed by atoms with Crippen molar-refractivity contribution in [2.75, 3.05) is 13.6 Å². The molecule has 1 rings (SSSR count). The van der Waals surface area contributed by atoms with E-state index in [4.69, 9.17) is 5.26 Å². The first-order chi connectivity index (χ1) is 7.90. The zero-order chi connectivity index (χ0) is 13.1. The first-order valence-corrected chi connectivity index (χ1v) is 6.27. The van der Waals surface area contributed by atoms with Crippen molar-refractivity contribution in [3.05, 3.63) is 0 Å². The van der Waals surface area contributed by atoms with Crippen molar-refractivity contribution >= 4 is 5.91 Å². The number of nitrogens with zero attached hydrogens (tertiary/aromatic N) is 2. The van der Waals surface area contributed by atoms with E-state index in [9.17, 15) is 4.79 Å². The van der Waals surface area contributed by atoms with E-state index in [0.717, 1.165) is 19.4 Å². The molecule has 0 saturated carbocycles. The monoisotopic (exact) mass is 237 g/mol. The van der Waals surface area contributed by atoms with Gasteiger partial charge in [0.05, 0.1) is 18.5 Å². The number of hydrogen-bond donors (Lipinski definition) is 1. The molecule has 0 aromatic carbocycles. The van der Waals surface area contributed by atoms with E-state index >= 15 is 0 Å². The predicted molar refractivity (Wildman–Crippen MR) is 67.3 cm³/mol. The molecule has 1 heterocycles. The molecule has 0 bridgehead atoms. The first-order valence-electron chi connectivity index (χ1n) is 6.27. The Bertz CT molecular complexity index is 319. The summed E-state index contributed by atoms with van der Waals surface area (Å²) in [7, 11) is 1.79. The Kier molecular flexibility index (Phi) is 4.53. The minimum Gasteiger partial charge on any atom is -0.341 e. The number of rotatable bonds is 3. The summed E-state index contributed by atoms with van der Waals surface area (Å²) < 4.78 is 0. The number of piperidine rings is 1. The molecule has 1 aliphatic heterocycles. The lowest BCUT2D eigenvalue weighted by molar-refractivity contribution is -0.137. The van der Waals surface area contributed by atoms with Gasteiger partial charge >= 0.3 is 0 Å². The van der Waals surface area contributed by atoms with Gasteiger partial charge in [0.2, 0.25) is 5.91 Å². The molecule has 1 saturated heterocycles. The Hall–Kier alpha value is -1.08. The Labute approximate surface area is 104 Å². The maximum atomic E-state index is 12.4. The highest BCUT2D eigenvalue weighted by molar-refractivity contribution is 5.83. The van der Waals surface area contributed by atoms with Crippen LogP contribution in [0.5, 0.6) is 0 Å². The number of nitriles is 1. The van der Waals surface area contributed by atoms with Crippen molar-refractivity contribution in [2.45, 2.75) is 52.1 Å². The molecule has 0 spiro atoms. The van der Waals surface area contributed by atoms with Gasteiger partial charge in [0.15, 0.2) is 0 Å². The van der Waals surface area contributed by atoms with Crippen molar-refractivity contribution in [1.82, 2.24) is 10.2 Å². The van der Waals surface area contributed by atoms with Crippen molar-refractivity contribution in [1.29, 1.82) is 5.26 Å². The zero-order valence-corrected chi connectivity index (χ0v) is 11.3. The molecule has 0 aromatic heterocycles. The standard InChI is InChI=1S/C13H23N3O/c1-10(6-8-14)16(4)12(17)11-13(2,3)7-5-9-15-11/h10-11,15H,5-7,9H2,1-4H3. The molecule has 1 N–H and O–H groups in total. The second-order valence-electron chi connectivity index (χ2n) is 5.64. The lowest BCUT2D eigenvalue weighted by Crippen LogP contribution is -2.57. The van der Waals surface area contributed by atoms with E-state index in [-0.39, 0.29) is 23.4 Å². The van der Waals surface area contributed by atoms with Gasteiger partial charge < -0.3 is 10.2 Å². The van der Waals surface area contributed by atoms with Crippen LogP contribution in [-0.2, 0) is 4.79 Å². The van der Waals surface area contributed by atoms with Crippen LogP contribution in [0.3, 0.4) is 0 Å². The van der Waals surface area contributed by atoms with Gasteiger partial charge in [-0.05, 0) is 31.7 Å². The number of carbonyl (C=O) groups is 1. The summed E-state index contributed by atoms with van der Waals surface area (Å²) in [6, 6.07) is 1.97. The predicted octanol–water partition coefficient (Wildman–Crippen LogP) is 1.53. The third kappa shape index (κ3) is 3.19. The van der Waals surface area contributed by atoms with E-state index in [1.165, 1.54) is 0 Å². The van der Waals surface area contributed by atoms with Crippen LogP contribution in [-0.4, -0.2) is 36.5 Å². The van der Waals surface area contributed by atoms with Crippen LogP contribution in [0, 0.1) is 16.7 Å². The van der Waals surface area contributed by atoms with Crippen LogP contribution < -0.4 is 5.32 Å². The maximum Gasteiger partial charge on any atom is 0.240 e. The molecule has 1 fully saturated rings. The molecule has 2 atom stereocenters. The van der Waals surface area contributed by atoms with Crippen molar-refractivity contribution in [3.8, 4) is 6.07 Å². The summed E-state index contributed by atoms with van der Waals surface area (Å²) in [6.45, 7) is 7.08. The van der Waals surface area contributed by atoms with Gasteiger partial charge in [-0.1, -0.05) is 13.8 Å². The van der Waals surface area contributed by atoms with E-state index < -0.39 is 0 Å². The van der Waals surface area contributed by atoms with Gasteiger partial charge in [-0.25, -0.2) is 0 Å². The van der Waals surface area contributed by atoms with E-state index in [1.807, 2.05) is 6.92 Å². The Morgan fingerprint density at radius 1 is 1.65 bits per heavy atom. The fourth-order valence-corrected chi connectivity index (χ4v) is 2.32. The molecule has 1 amide bonds. The second kappa shape index (κ2) is 5.50.